The molecular weight excluding hydrogens is 265 g/mol. The van der Waals surface area contributed by atoms with E-state index in [1.807, 2.05) is 0 Å². The molecule has 0 bridgehead atoms. The summed E-state index contributed by atoms with van der Waals surface area (Å²) in [6.45, 7) is 0.654. The van der Waals surface area contributed by atoms with E-state index in [2.05, 4.69) is 0 Å². The minimum Gasteiger partial charge on any atom is -0.373 e. The van der Waals surface area contributed by atoms with Crippen LogP contribution in [0.15, 0.2) is 12.1 Å². The third kappa shape index (κ3) is 2.29. The predicted octanol–water partition coefficient (Wildman–Crippen LogP) is 3.59. The molecule has 0 saturated carbocycles. The third-order valence-electron chi connectivity index (χ3n) is 3.23. The smallest absolute Gasteiger partial charge is 0.373 e. The van der Waals surface area contributed by atoms with Crippen molar-refractivity contribution in [1.82, 2.24) is 0 Å². The van der Waals surface area contributed by atoms with Crippen molar-refractivity contribution in [3.05, 3.63) is 28.3 Å². The zero-order valence-corrected chi connectivity index (χ0v) is 10.6. The van der Waals surface area contributed by atoms with Crippen molar-refractivity contribution in [1.29, 1.82) is 0 Å². The molecule has 100 valence electrons. The van der Waals surface area contributed by atoms with Crippen molar-refractivity contribution in [3.63, 3.8) is 0 Å². The highest BCUT2D eigenvalue weighted by atomic mass is 35.5. The van der Waals surface area contributed by atoms with Crippen molar-refractivity contribution in [3.8, 4) is 0 Å². The Balaban J connectivity index is 2.70. The summed E-state index contributed by atoms with van der Waals surface area (Å²) < 4.78 is 39.1. The molecule has 1 aromatic rings. The normalized spacial score (nSPS) is 20.6. The number of rotatable bonds is 0. The van der Waals surface area contributed by atoms with Gasteiger partial charge in [0.1, 0.15) is 0 Å². The lowest BCUT2D eigenvalue weighted by Gasteiger charge is -2.25. The van der Waals surface area contributed by atoms with E-state index < -0.39 is 17.8 Å². The molecule has 1 aliphatic rings. The first-order chi connectivity index (χ1) is 8.32. The number of hydrogen-bond donors (Lipinski definition) is 1. The average molecular weight is 279 g/mol. The summed E-state index contributed by atoms with van der Waals surface area (Å²) in [6, 6.07) is 1.68. The molecule has 1 heterocycles. The summed E-state index contributed by atoms with van der Waals surface area (Å²) in [5, 5.41) is 0.317. The minimum absolute atomic E-state index is 0.120. The van der Waals surface area contributed by atoms with Gasteiger partial charge in [-0.05, 0) is 25.0 Å². The molecule has 1 aliphatic heterocycles. The SMILES string of the molecule is CN1CCCC(N)c2c(C(F)(F)F)ccc(Cl)c21. The lowest BCUT2D eigenvalue weighted by molar-refractivity contribution is -0.138. The number of alkyl halides is 3. The number of anilines is 1. The van der Waals surface area contributed by atoms with Crippen LogP contribution in [-0.2, 0) is 6.18 Å². The summed E-state index contributed by atoms with van der Waals surface area (Å²) in [5.41, 5.74) is 5.75. The van der Waals surface area contributed by atoms with Crippen molar-refractivity contribution in [2.24, 2.45) is 5.73 Å². The summed E-state index contributed by atoms with van der Waals surface area (Å²) >= 11 is 6.03. The highest BCUT2D eigenvalue weighted by molar-refractivity contribution is 6.33. The molecule has 1 aromatic carbocycles. The zero-order valence-electron chi connectivity index (χ0n) is 9.89. The monoisotopic (exact) mass is 278 g/mol. The molecular formula is C12H14ClF3N2. The Bertz CT molecular complexity index is 459. The highest BCUT2D eigenvalue weighted by Crippen LogP contribution is 2.44. The molecule has 6 heteroatoms. The lowest BCUT2D eigenvalue weighted by atomic mass is 9.96. The Morgan fingerprint density at radius 3 is 2.67 bits per heavy atom. The summed E-state index contributed by atoms with van der Waals surface area (Å²) in [7, 11) is 1.74. The first-order valence-corrected chi connectivity index (χ1v) is 6.06. The second kappa shape index (κ2) is 4.63. The van der Waals surface area contributed by atoms with Gasteiger partial charge >= 0.3 is 6.18 Å². The van der Waals surface area contributed by atoms with Gasteiger partial charge < -0.3 is 10.6 Å². The third-order valence-corrected chi connectivity index (χ3v) is 3.54. The zero-order chi connectivity index (χ0) is 13.5. The predicted molar refractivity (Wildman–Crippen MR) is 65.9 cm³/mol. The number of nitrogens with zero attached hydrogens (tertiary/aromatic N) is 1. The molecule has 0 aliphatic carbocycles. The average Bonchev–Trinajstić information content (AvgIpc) is 2.39. The fourth-order valence-corrected chi connectivity index (χ4v) is 2.71. The second-order valence-corrected chi connectivity index (χ2v) is 4.93. The molecule has 1 atom stereocenters. The first-order valence-electron chi connectivity index (χ1n) is 5.68. The van der Waals surface area contributed by atoms with E-state index in [0.29, 0.717) is 23.7 Å². The number of halogens is 4. The maximum atomic E-state index is 13.0. The summed E-state index contributed by atoms with van der Waals surface area (Å²) in [6.07, 6.45) is -3.13. The molecule has 0 spiro atoms. The van der Waals surface area contributed by atoms with Gasteiger partial charge in [-0.15, -0.1) is 0 Å². The van der Waals surface area contributed by atoms with Crippen molar-refractivity contribution in [2.45, 2.75) is 25.1 Å². The maximum Gasteiger partial charge on any atom is 0.416 e. The van der Waals surface area contributed by atoms with Gasteiger partial charge in [-0.1, -0.05) is 11.6 Å². The van der Waals surface area contributed by atoms with Gasteiger partial charge in [-0.2, -0.15) is 13.2 Å². The van der Waals surface area contributed by atoms with Gasteiger partial charge in [0.15, 0.2) is 0 Å². The van der Waals surface area contributed by atoms with Crippen LogP contribution >= 0.6 is 11.6 Å². The Hall–Kier alpha value is -0.940. The van der Waals surface area contributed by atoms with Crippen molar-refractivity contribution >= 4 is 17.3 Å². The second-order valence-electron chi connectivity index (χ2n) is 4.53. The standard InChI is InChI=1S/C12H14ClF3N2/c1-18-6-2-3-9(17)10-7(12(14,15)16)4-5-8(13)11(10)18/h4-5,9H,2-3,6,17H2,1H3. The molecule has 0 amide bonds. The van der Waals surface area contributed by atoms with Crippen LogP contribution in [0.4, 0.5) is 18.9 Å². The molecule has 2 N–H and O–H groups in total. The van der Waals surface area contributed by atoms with Gasteiger partial charge in [0.05, 0.1) is 16.3 Å². The first kappa shape index (κ1) is 13.5. The molecule has 0 radical (unpaired) electrons. The van der Waals surface area contributed by atoms with E-state index in [9.17, 15) is 13.2 Å². The Kier molecular flexibility index (Phi) is 3.47. The number of fused-ring (bicyclic) bond motifs is 1. The van der Waals surface area contributed by atoms with Crippen LogP contribution in [0.5, 0.6) is 0 Å². The van der Waals surface area contributed by atoms with Crippen LogP contribution in [0.3, 0.4) is 0 Å². The molecule has 0 aromatic heterocycles. The minimum atomic E-state index is -4.41. The number of nitrogens with two attached hydrogens (primary N) is 1. The molecule has 18 heavy (non-hydrogen) atoms. The molecule has 0 saturated heterocycles. The summed E-state index contributed by atoms with van der Waals surface area (Å²) in [5.74, 6) is 0. The maximum absolute atomic E-state index is 13.0. The topological polar surface area (TPSA) is 29.3 Å². The van der Waals surface area contributed by atoms with E-state index in [-0.39, 0.29) is 5.56 Å². The van der Waals surface area contributed by atoms with Crippen LogP contribution in [0.25, 0.3) is 0 Å². The molecule has 2 nitrogen and oxygen atoms in total. The Morgan fingerprint density at radius 2 is 2.06 bits per heavy atom. The number of benzene rings is 1. The fourth-order valence-electron chi connectivity index (χ4n) is 2.40. The molecule has 2 rings (SSSR count). The van der Waals surface area contributed by atoms with E-state index >= 15 is 0 Å². The Labute approximate surface area is 109 Å². The van der Waals surface area contributed by atoms with Crippen LogP contribution in [-0.4, -0.2) is 13.6 Å². The van der Waals surface area contributed by atoms with Crippen LogP contribution in [0, 0.1) is 0 Å². The van der Waals surface area contributed by atoms with Crippen LogP contribution in [0.1, 0.15) is 30.0 Å². The summed E-state index contributed by atoms with van der Waals surface area (Å²) in [4.78, 5) is 1.75. The van der Waals surface area contributed by atoms with Gasteiger partial charge in [0.2, 0.25) is 0 Å². The van der Waals surface area contributed by atoms with Gasteiger partial charge in [-0.3, -0.25) is 0 Å². The van der Waals surface area contributed by atoms with Gasteiger partial charge in [0.25, 0.3) is 0 Å². The number of hydrogen-bond acceptors (Lipinski definition) is 2. The van der Waals surface area contributed by atoms with E-state index in [1.54, 1.807) is 11.9 Å². The van der Waals surface area contributed by atoms with Crippen LogP contribution < -0.4 is 10.6 Å². The Morgan fingerprint density at radius 1 is 1.39 bits per heavy atom. The van der Waals surface area contributed by atoms with Crippen molar-refractivity contribution < 1.29 is 13.2 Å². The lowest BCUT2D eigenvalue weighted by Crippen LogP contribution is -2.21. The van der Waals surface area contributed by atoms with E-state index in [4.69, 9.17) is 17.3 Å². The van der Waals surface area contributed by atoms with Crippen LogP contribution in [0.2, 0.25) is 5.02 Å². The largest absolute Gasteiger partial charge is 0.416 e. The molecule has 0 fully saturated rings. The fraction of sp³-hybridized carbons (Fsp3) is 0.500. The molecule has 1 unspecified atom stereocenters. The van der Waals surface area contributed by atoms with Gasteiger partial charge in [-0.25, -0.2) is 0 Å². The van der Waals surface area contributed by atoms with Crippen molar-refractivity contribution in [2.75, 3.05) is 18.5 Å². The highest BCUT2D eigenvalue weighted by Gasteiger charge is 2.37. The van der Waals surface area contributed by atoms with E-state index in [1.165, 1.54) is 6.07 Å². The van der Waals surface area contributed by atoms with Gasteiger partial charge in [0, 0.05) is 25.2 Å². The van der Waals surface area contributed by atoms with E-state index in [0.717, 1.165) is 12.5 Å². The quantitative estimate of drug-likeness (QED) is 0.786.